The van der Waals surface area contributed by atoms with Crippen LogP contribution >= 0.6 is 11.6 Å². The highest BCUT2D eigenvalue weighted by Gasteiger charge is 2.37. The fourth-order valence-corrected chi connectivity index (χ4v) is 4.81. The summed E-state index contributed by atoms with van der Waals surface area (Å²) in [4.78, 5) is 17.0. The average Bonchev–Trinajstić information content (AvgIpc) is 2.72. The number of halogens is 1. The van der Waals surface area contributed by atoms with Crippen molar-refractivity contribution in [3.8, 4) is 5.75 Å². The molecule has 1 fully saturated rings. The lowest BCUT2D eigenvalue weighted by molar-refractivity contribution is -0.138. The molecule has 1 amide bonds. The van der Waals surface area contributed by atoms with Crippen molar-refractivity contribution in [2.75, 3.05) is 48.2 Å². The molecule has 9 heteroatoms. The van der Waals surface area contributed by atoms with Crippen LogP contribution in [-0.4, -0.2) is 64.3 Å². The first-order chi connectivity index (χ1) is 13.8. The van der Waals surface area contributed by atoms with Crippen molar-refractivity contribution in [3.05, 3.63) is 53.6 Å². The fraction of sp³-hybridized carbons (Fsp3) is 0.350. The second-order valence-electron chi connectivity index (χ2n) is 7.16. The van der Waals surface area contributed by atoms with Gasteiger partial charge in [0.1, 0.15) is 5.75 Å². The molecule has 2 aliphatic heterocycles. The fourth-order valence-electron chi connectivity index (χ4n) is 3.71. The summed E-state index contributed by atoms with van der Waals surface area (Å²) >= 11 is 6.08. The Hall–Kier alpha value is -2.45. The Labute approximate surface area is 175 Å². The molecule has 2 heterocycles. The molecule has 0 aliphatic carbocycles. The van der Waals surface area contributed by atoms with Crippen molar-refractivity contribution < 1.29 is 17.9 Å². The third kappa shape index (κ3) is 4.13. The number of hydrogen-bond donors (Lipinski definition) is 0. The largest absolute Gasteiger partial charge is 0.476 e. The van der Waals surface area contributed by atoms with Crippen molar-refractivity contribution in [3.63, 3.8) is 0 Å². The van der Waals surface area contributed by atoms with E-state index in [4.69, 9.17) is 16.3 Å². The molecule has 2 aromatic rings. The minimum atomic E-state index is -3.52. The van der Waals surface area contributed by atoms with Crippen molar-refractivity contribution in [1.82, 2.24) is 4.90 Å². The van der Waals surface area contributed by atoms with Crippen molar-refractivity contribution >= 4 is 38.9 Å². The second kappa shape index (κ2) is 7.76. The Morgan fingerprint density at radius 2 is 1.79 bits per heavy atom. The number of nitrogens with zero attached hydrogens (tertiary/aromatic N) is 3. The number of rotatable bonds is 3. The lowest BCUT2D eigenvalue weighted by atomic mass is 10.2. The maximum atomic E-state index is 13.1. The van der Waals surface area contributed by atoms with Gasteiger partial charge in [0.25, 0.3) is 5.91 Å². The molecule has 0 saturated carbocycles. The van der Waals surface area contributed by atoms with Gasteiger partial charge < -0.3 is 14.5 Å². The molecule has 1 saturated heterocycles. The highest BCUT2D eigenvalue weighted by atomic mass is 35.5. The quantitative estimate of drug-likeness (QED) is 0.739. The van der Waals surface area contributed by atoms with Crippen LogP contribution < -0.4 is 13.9 Å². The van der Waals surface area contributed by atoms with E-state index in [0.717, 1.165) is 11.9 Å². The van der Waals surface area contributed by atoms with Crippen LogP contribution in [0.2, 0.25) is 5.02 Å². The lowest BCUT2D eigenvalue weighted by Gasteiger charge is -2.40. The van der Waals surface area contributed by atoms with E-state index < -0.39 is 16.1 Å². The van der Waals surface area contributed by atoms with E-state index in [9.17, 15) is 13.2 Å². The van der Waals surface area contributed by atoms with Crippen LogP contribution in [0.1, 0.15) is 0 Å². The maximum absolute atomic E-state index is 13.1. The summed E-state index contributed by atoms with van der Waals surface area (Å²) in [5.41, 5.74) is 1.49. The molecule has 29 heavy (non-hydrogen) atoms. The number of amides is 1. The molecule has 0 radical (unpaired) electrons. The standard InChI is InChI=1S/C20H22ClN3O4S/c1-29(26,27)24-14-19(28-18-8-3-2-7-17(18)24)20(25)23-11-9-22(10-12-23)16-6-4-5-15(21)13-16/h2-8,13,19H,9-12,14H2,1H3/t19-/m0/s1. The molecule has 0 aromatic heterocycles. The summed E-state index contributed by atoms with van der Waals surface area (Å²) in [7, 11) is -3.52. The number of carbonyl (C=O) groups is 1. The molecule has 2 aromatic carbocycles. The Balaban J connectivity index is 1.47. The molecular formula is C20H22ClN3O4S. The predicted octanol–water partition coefficient (Wildman–Crippen LogP) is 2.22. The van der Waals surface area contributed by atoms with Gasteiger partial charge in [-0.2, -0.15) is 0 Å². The SMILES string of the molecule is CS(=O)(=O)N1C[C@@H](C(=O)N2CCN(c3cccc(Cl)c3)CC2)Oc2ccccc21. The van der Waals surface area contributed by atoms with Gasteiger partial charge in [-0.1, -0.05) is 29.8 Å². The normalized spacial score (nSPS) is 19.5. The summed E-state index contributed by atoms with van der Waals surface area (Å²) in [5, 5.41) is 0.677. The maximum Gasteiger partial charge on any atom is 0.265 e. The van der Waals surface area contributed by atoms with Crippen LogP contribution in [0.15, 0.2) is 48.5 Å². The van der Waals surface area contributed by atoms with Crippen LogP contribution in [0.3, 0.4) is 0 Å². The smallest absolute Gasteiger partial charge is 0.265 e. The molecule has 0 bridgehead atoms. The Morgan fingerprint density at radius 1 is 1.07 bits per heavy atom. The van der Waals surface area contributed by atoms with Gasteiger partial charge in [0.05, 0.1) is 18.5 Å². The number of ether oxygens (including phenoxy) is 1. The number of fused-ring (bicyclic) bond motifs is 1. The average molecular weight is 436 g/mol. The highest BCUT2D eigenvalue weighted by molar-refractivity contribution is 7.92. The van der Waals surface area contributed by atoms with E-state index in [0.29, 0.717) is 42.6 Å². The van der Waals surface area contributed by atoms with Gasteiger partial charge in [-0.25, -0.2) is 8.42 Å². The van der Waals surface area contributed by atoms with Gasteiger partial charge in [-0.3, -0.25) is 9.10 Å². The molecule has 4 rings (SSSR count). The molecule has 0 N–H and O–H groups in total. The third-order valence-electron chi connectivity index (χ3n) is 5.18. The molecule has 0 spiro atoms. The topological polar surface area (TPSA) is 70.2 Å². The first-order valence-corrected chi connectivity index (χ1v) is 11.6. The van der Waals surface area contributed by atoms with E-state index in [1.54, 1.807) is 29.2 Å². The van der Waals surface area contributed by atoms with Gasteiger partial charge in [-0.05, 0) is 30.3 Å². The van der Waals surface area contributed by atoms with E-state index in [-0.39, 0.29) is 12.5 Å². The van der Waals surface area contributed by atoms with Crippen molar-refractivity contribution in [2.45, 2.75) is 6.10 Å². The minimum absolute atomic E-state index is 0.0246. The highest BCUT2D eigenvalue weighted by Crippen LogP contribution is 2.35. The molecule has 0 unspecified atom stereocenters. The van der Waals surface area contributed by atoms with Gasteiger partial charge in [-0.15, -0.1) is 0 Å². The van der Waals surface area contributed by atoms with Gasteiger partial charge in [0, 0.05) is 36.9 Å². The van der Waals surface area contributed by atoms with Crippen LogP contribution in [0, 0.1) is 0 Å². The number of benzene rings is 2. The van der Waals surface area contributed by atoms with Gasteiger partial charge >= 0.3 is 0 Å². The van der Waals surface area contributed by atoms with Crippen LogP contribution in [0.5, 0.6) is 5.75 Å². The molecular weight excluding hydrogens is 414 g/mol. The number of carbonyl (C=O) groups excluding carboxylic acids is 1. The number of anilines is 2. The minimum Gasteiger partial charge on any atom is -0.476 e. The zero-order valence-electron chi connectivity index (χ0n) is 16.0. The van der Waals surface area contributed by atoms with Gasteiger partial charge in [0.2, 0.25) is 10.0 Å². The van der Waals surface area contributed by atoms with Crippen molar-refractivity contribution in [2.24, 2.45) is 0 Å². The van der Waals surface area contributed by atoms with E-state index in [2.05, 4.69) is 4.90 Å². The third-order valence-corrected chi connectivity index (χ3v) is 6.56. The van der Waals surface area contributed by atoms with Crippen LogP contribution in [0.4, 0.5) is 11.4 Å². The Morgan fingerprint density at radius 3 is 2.48 bits per heavy atom. The van der Waals surface area contributed by atoms with E-state index >= 15 is 0 Å². The Bertz CT molecular complexity index is 1020. The second-order valence-corrected chi connectivity index (χ2v) is 9.50. The van der Waals surface area contributed by atoms with Crippen molar-refractivity contribution in [1.29, 1.82) is 0 Å². The Kier molecular flexibility index (Phi) is 5.31. The predicted molar refractivity (Wildman–Crippen MR) is 113 cm³/mol. The number of sulfonamides is 1. The van der Waals surface area contributed by atoms with Gasteiger partial charge in [0.15, 0.2) is 6.10 Å². The summed E-state index contributed by atoms with van der Waals surface area (Å²) in [6, 6.07) is 14.5. The number of hydrogen-bond acceptors (Lipinski definition) is 5. The van der Waals surface area contributed by atoms with E-state index in [1.165, 1.54) is 4.31 Å². The molecule has 1 atom stereocenters. The number of para-hydroxylation sites is 2. The molecule has 7 nitrogen and oxygen atoms in total. The first-order valence-electron chi connectivity index (χ1n) is 9.35. The molecule has 154 valence electrons. The van der Waals surface area contributed by atoms with Crippen LogP contribution in [0.25, 0.3) is 0 Å². The summed E-state index contributed by atoms with van der Waals surface area (Å²) in [6.45, 7) is 2.39. The molecule has 2 aliphatic rings. The number of piperazine rings is 1. The van der Waals surface area contributed by atoms with Crippen LogP contribution in [-0.2, 0) is 14.8 Å². The summed E-state index contributed by atoms with van der Waals surface area (Å²) in [5.74, 6) is 0.207. The first kappa shape index (κ1) is 19.8. The summed E-state index contributed by atoms with van der Waals surface area (Å²) in [6.07, 6.45) is 0.276. The summed E-state index contributed by atoms with van der Waals surface area (Å²) < 4.78 is 31.6. The monoisotopic (exact) mass is 435 g/mol. The zero-order chi connectivity index (χ0) is 20.6. The lowest BCUT2D eigenvalue weighted by Crippen LogP contribution is -2.56. The van der Waals surface area contributed by atoms with E-state index in [1.807, 2.05) is 24.3 Å². The zero-order valence-corrected chi connectivity index (χ0v) is 17.6.